The predicted molar refractivity (Wildman–Crippen MR) is 128 cm³/mol. The van der Waals surface area contributed by atoms with E-state index in [0.717, 1.165) is 21.3 Å². The molecule has 3 rings (SSSR count). The molecule has 1 aliphatic heterocycles. The largest absolute Gasteiger partial charge is 0.496 e. The van der Waals surface area contributed by atoms with E-state index in [2.05, 4.69) is 47.2 Å². The molecule has 0 radical (unpaired) electrons. The van der Waals surface area contributed by atoms with Crippen molar-refractivity contribution in [2.45, 2.75) is 51.3 Å². The van der Waals surface area contributed by atoms with E-state index >= 15 is 0 Å². The van der Waals surface area contributed by atoms with Crippen molar-refractivity contribution in [1.82, 2.24) is 5.32 Å². The minimum absolute atomic E-state index is 0.00674. The van der Waals surface area contributed by atoms with Crippen LogP contribution in [0.4, 0.5) is 0 Å². The van der Waals surface area contributed by atoms with Crippen LogP contribution < -0.4 is 10.1 Å². The van der Waals surface area contributed by atoms with Crippen LogP contribution in [0.1, 0.15) is 49.4 Å². The summed E-state index contributed by atoms with van der Waals surface area (Å²) in [5.74, 6) is 0.711. The molecule has 7 heteroatoms. The molecule has 5 nitrogen and oxygen atoms in total. The number of benzene rings is 2. The van der Waals surface area contributed by atoms with Gasteiger partial charge in [-0.05, 0) is 64.0 Å². The number of halogens is 1. The lowest BCUT2D eigenvalue weighted by molar-refractivity contribution is 0.0747. The van der Waals surface area contributed by atoms with E-state index in [0.29, 0.717) is 12.3 Å². The van der Waals surface area contributed by atoms with E-state index in [4.69, 9.17) is 4.74 Å². The number of rotatable bonds is 7. The van der Waals surface area contributed by atoms with E-state index in [1.54, 1.807) is 7.11 Å². The van der Waals surface area contributed by atoms with Crippen molar-refractivity contribution in [3.8, 4) is 5.75 Å². The van der Waals surface area contributed by atoms with E-state index < -0.39 is 22.0 Å². The van der Waals surface area contributed by atoms with Crippen LogP contribution in [0.3, 0.4) is 0 Å². The fourth-order valence-corrected chi connectivity index (χ4v) is 6.80. The summed E-state index contributed by atoms with van der Waals surface area (Å²) in [6.45, 7) is 6.32. The molecule has 170 valence electrons. The van der Waals surface area contributed by atoms with E-state index in [-0.39, 0.29) is 23.5 Å². The highest BCUT2D eigenvalue weighted by Crippen LogP contribution is 2.30. The summed E-state index contributed by atoms with van der Waals surface area (Å²) in [6.07, 6.45) is -0.265. The quantitative estimate of drug-likeness (QED) is 0.583. The molecule has 2 aromatic carbocycles. The fourth-order valence-electron chi connectivity index (χ4n) is 4.26. The average molecular weight is 510 g/mol. The Morgan fingerprint density at radius 1 is 1.13 bits per heavy atom. The van der Waals surface area contributed by atoms with E-state index in [1.165, 1.54) is 5.56 Å². The lowest BCUT2D eigenvalue weighted by Gasteiger charge is -2.37. The van der Waals surface area contributed by atoms with Crippen molar-refractivity contribution in [3.63, 3.8) is 0 Å². The SMILES string of the molecule is COc1ccc(C[C@@H]2CS(=O)(=O)C[C@H](N[C@@H](C)c3cccc(C(C)C)c3)[C@H]2O)cc1Br. The lowest BCUT2D eigenvalue weighted by Crippen LogP contribution is -2.55. The minimum atomic E-state index is -3.27. The van der Waals surface area contributed by atoms with Crippen molar-refractivity contribution in [2.24, 2.45) is 5.92 Å². The van der Waals surface area contributed by atoms with Gasteiger partial charge in [0.15, 0.2) is 9.84 Å². The lowest BCUT2D eigenvalue weighted by atomic mass is 9.90. The van der Waals surface area contributed by atoms with Crippen LogP contribution >= 0.6 is 15.9 Å². The number of ether oxygens (including phenoxy) is 1. The Hall–Kier alpha value is -1.41. The van der Waals surface area contributed by atoms with Crippen molar-refractivity contribution < 1.29 is 18.3 Å². The van der Waals surface area contributed by atoms with Crippen molar-refractivity contribution in [3.05, 3.63) is 63.6 Å². The number of aliphatic hydroxyl groups excluding tert-OH is 1. The van der Waals surface area contributed by atoms with Gasteiger partial charge in [0, 0.05) is 18.0 Å². The van der Waals surface area contributed by atoms with Crippen molar-refractivity contribution >= 4 is 25.8 Å². The van der Waals surface area contributed by atoms with Crippen LogP contribution in [0, 0.1) is 5.92 Å². The summed E-state index contributed by atoms with van der Waals surface area (Å²) in [4.78, 5) is 0. The van der Waals surface area contributed by atoms with Gasteiger partial charge in [-0.1, -0.05) is 44.2 Å². The van der Waals surface area contributed by atoms with E-state index in [9.17, 15) is 13.5 Å². The number of nitrogens with one attached hydrogen (secondary N) is 1. The Kier molecular flexibility index (Phi) is 7.84. The molecule has 1 fully saturated rings. The molecule has 0 amide bonds. The Morgan fingerprint density at radius 2 is 1.84 bits per heavy atom. The molecule has 0 saturated carbocycles. The highest BCUT2D eigenvalue weighted by atomic mass is 79.9. The summed E-state index contributed by atoms with van der Waals surface area (Å²) < 4.78 is 31.4. The molecule has 1 heterocycles. The standard InChI is InChI=1S/C24H32BrNO4S/c1-15(2)18-6-5-7-19(12-18)16(3)26-22-14-31(28,29)13-20(24(22)27)10-17-8-9-23(30-4)21(25)11-17/h5-9,11-12,15-16,20,22,24,26-27H,10,13-14H2,1-4H3/t16-,20+,22-,24-/m0/s1. The van der Waals surface area contributed by atoms with Crippen LogP contribution in [-0.4, -0.2) is 44.3 Å². The fraction of sp³-hybridized carbons (Fsp3) is 0.500. The molecule has 0 spiro atoms. The van der Waals surface area contributed by atoms with Gasteiger partial charge in [0.2, 0.25) is 0 Å². The van der Waals surface area contributed by atoms with Crippen LogP contribution in [-0.2, 0) is 16.3 Å². The summed E-state index contributed by atoms with van der Waals surface area (Å²) in [7, 11) is -1.66. The van der Waals surface area contributed by atoms with Crippen molar-refractivity contribution in [1.29, 1.82) is 0 Å². The first-order valence-corrected chi connectivity index (χ1v) is 13.3. The Balaban J connectivity index is 1.76. The van der Waals surface area contributed by atoms with Crippen LogP contribution in [0.2, 0.25) is 0 Å². The predicted octanol–water partition coefficient (Wildman–Crippen LogP) is 4.25. The first-order chi connectivity index (χ1) is 14.6. The van der Waals surface area contributed by atoms with Gasteiger partial charge in [0.1, 0.15) is 5.75 Å². The molecule has 2 N–H and O–H groups in total. The maximum Gasteiger partial charge on any atom is 0.152 e. The Bertz CT molecular complexity index is 1010. The minimum Gasteiger partial charge on any atom is -0.496 e. The number of sulfone groups is 1. The van der Waals surface area contributed by atoms with Gasteiger partial charge in [0.05, 0.1) is 29.2 Å². The zero-order valence-electron chi connectivity index (χ0n) is 18.5. The smallest absolute Gasteiger partial charge is 0.152 e. The molecule has 0 unspecified atom stereocenters. The third-order valence-corrected chi connectivity index (χ3v) is 8.47. The third kappa shape index (κ3) is 6.09. The van der Waals surface area contributed by atoms with Crippen LogP contribution in [0.5, 0.6) is 5.75 Å². The monoisotopic (exact) mass is 509 g/mol. The third-order valence-electron chi connectivity index (χ3n) is 6.05. The number of aliphatic hydroxyl groups is 1. The molecule has 4 atom stereocenters. The second-order valence-corrected chi connectivity index (χ2v) is 11.8. The average Bonchev–Trinajstić information content (AvgIpc) is 2.71. The molecule has 0 aromatic heterocycles. The molecule has 2 aromatic rings. The number of methoxy groups -OCH3 is 1. The van der Waals surface area contributed by atoms with E-state index in [1.807, 2.05) is 37.3 Å². The molecule has 0 aliphatic carbocycles. The summed E-state index contributed by atoms with van der Waals surface area (Å²) in [6, 6.07) is 13.4. The highest BCUT2D eigenvalue weighted by Gasteiger charge is 2.40. The second kappa shape index (κ2) is 10.0. The van der Waals surface area contributed by atoms with Gasteiger partial charge in [-0.2, -0.15) is 0 Å². The normalized spacial score (nSPS) is 24.2. The van der Waals surface area contributed by atoms with Gasteiger partial charge in [-0.15, -0.1) is 0 Å². The van der Waals surface area contributed by atoms with Gasteiger partial charge in [0.25, 0.3) is 0 Å². The van der Waals surface area contributed by atoms with Gasteiger partial charge < -0.3 is 15.2 Å². The molecule has 0 bridgehead atoms. The highest BCUT2D eigenvalue weighted by molar-refractivity contribution is 9.10. The van der Waals surface area contributed by atoms with Gasteiger partial charge >= 0.3 is 0 Å². The van der Waals surface area contributed by atoms with Crippen LogP contribution in [0.15, 0.2) is 46.9 Å². The van der Waals surface area contributed by atoms with Crippen molar-refractivity contribution in [2.75, 3.05) is 18.6 Å². The molecular weight excluding hydrogens is 478 g/mol. The molecular formula is C24H32BrNO4S. The van der Waals surface area contributed by atoms with Gasteiger partial charge in [-0.3, -0.25) is 0 Å². The topological polar surface area (TPSA) is 75.6 Å². The maximum absolute atomic E-state index is 12.7. The zero-order chi connectivity index (χ0) is 22.8. The second-order valence-electron chi connectivity index (χ2n) is 8.82. The number of hydrogen-bond donors (Lipinski definition) is 2. The summed E-state index contributed by atoms with van der Waals surface area (Å²) >= 11 is 3.48. The molecule has 31 heavy (non-hydrogen) atoms. The van der Waals surface area contributed by atoms with Crippen LogP contribution in [0.25, 0.3) is 0 Å². The maximum atomic E-state index is 12.7. The van der Waals surface area contributed by atoms with Gasteiger partial charge in [-0.25, -0.2) is 8.42 Å². The summed E-state index contributed by atoms with van der Waals surface area (Å²) in [5.41, 5.74) is 3.30. The first-order valence-electron chi connectivity index (χ1n) is 10.7. The number of hydrogen-bond acceptors (Lipinski definition) is 5. The molecule has 1 aliphatic rings. The zero-order valence-corrected chi connectivity index (χ0v) is 20.9. The Morgan fingerprint density at radius 3 is 2.48 bits per heavy atom. The first kappa shape index (κ1) is 24.2. The Labute approximate surface area is 194 Å². The summed E-state index contributed by atoms with van der Waals surface area (Å²) in [5, 5.41) is 14.5. The molecule has 1 saturated heterocycles.